The Balaban J connectivity index is 1.59. The van der Waals surface area contributed by atoms with Crippen LogP contribution < -0.4 is 16.4 Å². The fourth-order valence-corrected chi connectivity index (χ4v) is 3.48. The van der Waals surface area contributed by atoms with E-state index in [1.807, 2.05) is 18.2 Å². The van der Waals surface area contributed by atoms with Gasteiger partial charge in [-0.15, -0.1) is 0 Å². The topological polar surface area (TPSA) is 116 Å². The van der Waals surface area contributed by atoms with E-state index in [4.69, 9.17) is 22.4 Å². The largest absolute Gasteiger partial charge is 0.465 e. The third-order valence-electron chi connectivity index (χ3n) is 4.38. The van der Waals surface area contributed by atoms with E-state index in [-0.39, 0.29) is 5.92 Å². The Morgan fingerprint density at radius 2 is 2.26 bits per heavy atom. The van der Waals surface area contributed by atoms with Crippen LogP contribution in [0.4, 0.5) is 22.2 Å². The molecule has 1 fully saturated rings. The number of nitrogens with zero attached hydrogens (tertiary/aromatic N) is 3. The van der Waals surface area contributed by atoms with Crippen LogP contribution in [0.2, 0.25) is 5.02 Å². The highest BCUT2D eigenvalue weighted by Gasteiger charge is 2.25. The Hall–Kier alpha value is -2.26. The molecule has 1 amide bonds. The molecule has 0 radical (unpaired) electrons. The normalized spacial score (nSPS) is 16.4. The fourth-order valence-electron chi connectivity index (χ4n) is 2.88. The molecular weight excluding hydrogens is 436 g/mol. The summed E-state index contributed by atoms with van der Waals surface area (Å²) in [5.41, 5.74) is 7.31. The average Bonchev–Trinajstić information content (AvgIpc) is 3.12. The second-order valence-corrected chi connectivity index (χ2v) is 7.67. The molecule has 0 saturated carbocycles. The molecule has 0 bridgehead atoms. The number of anilines is 3. The Morgan fingerprint density at radius 1 is 1.44 bits per heavy atom. The molecule has 10 heteroatoms. The monoisotopic (exact) mass is 454 g/mol. The van der Waals surface area contributed by atoms with Gasteiger partial charge in [0.05, 0.1) is 11.9 Å². The highest BCUT2D eigenvalue weighted by Crippen LogP contribution is 2.24. The highest BCUT2D eigenvalue weighted by molar-refractivity contribution is 9.10. The van der Waals surface area contributed by atoms with Crippen molar-refractivity contribution in [3.8, 4) is 0 Å². The lowest BCUT2D eigenvalue weighted by molar-refractivity contribution is 0.154. The molecule has 1 aromatic heterocycles. The van der Waals surface area contributed by atoms with E-state index in [2.05, 4.69) is 36.5 Å². The maximum Gasteiger partial charge on any atom is 0.407 e. The Labute approximate surface area is 170 Å². The molecule has 3 rings (SSSR count). The molecule has 1 unspecified atom stereocenters. The molecule has 2 heterocycles. The molecule has 5 N–H and O–H groups in total. The van der Waals surface area contributed by atoms with E-state index in [1.54, 1.807) is 6.20 Å². The predicted molar refractivity (Wildman–Crippen MR) is 109 cm³/mol. The Morgan fingerprint density at radius 3 is 3.00 bits per heavy atom. The zero-order valence-electron chi connectivity index (χ0n) is 14.5. The smallest absolute Gasteiger partial charge is 0.407 e. The van der Waals surface area contributed by atoms with Crippen LogP contribution in [0.3, 0.4) is 0 Å². The van der Waals surface area contributed by atoms with Crippen LogP contribution in [-0.2, 0) is 6.54 Å². The summed E-state index contributed by atoms with van der Waals surface area (Å²) in [5.74, 6) is 1.20. The number of benzene rings is 1. The summed E-state index contributed by atoms with van der Waals surface area (Å²) in [7, 11) is 0. The number of amides is 1. The molecule has 27 heavy (non-hydrogen) atoms. The number of hydrogen-bond donors (Lipinski definition) is 4. The Bertz CT molecular complexity index is 837. The highest BCUT2D eigenvalue weighted by atomic mass is 79.9. The minimum absolute atomic E-state index is 0.235. The third-order valence-corrected chi connectivity index (χ3v) is 5.24. The number of carboxylic acid groups (broad SMARTS) is 1. The van der Waals surface area contributed by atoms with E-state index in [1.165, 1.54) is 4.90 Å². The van der Waals surface area contributed by atoms with Gasteiger partial charge in [0.1, 0.15) is 0 Å². The molecule has 1 aliphatic rings. The van der Waals surface area contributed by atoms with E-state index < -0.39 is 6.09 Å². The van der Waals surface area contributed by atoms with Gasteiger partial charge in [-0.2, -0.15) is 4.98 Å². The number of aromatic nitrogens is 2. The van der Waals surface area contributed by atoms with Gasteiger partial charge in [0.15, 0.2) is 5.82 Å². The average molecular weight is 456 g/mol. The van der Waals surface area contributed by atoms with Crippen molar-refractivity contribution in [2.45, 2.75) is 13.0 Å². The maximum atomic E-state index is 11.0. The molecule has 0 aliphatic carbocycles. The zero-order valence-corrected chi connectivity index (χ0v) is 16.8. The first-order valence-corrected chi connectivity index (χ1v) is 9.61. The number of hydrogen-bond acceptors (Lipinski definition) is 6. The summed E-state index contributed by atoms with van der Waals surface area (Å²) in [6.07, 6.45) is 1.48. The number of nitrogen functional groups attached to an aromatic ring is 1. The third kappa shape index (κ3) is 5.14. The predicted octanol–water partition coefficient (Wildman–Crippen LogP) is 3.50. The lowest BCUT2D eigenvalue weighted by atomic mass is 10.1. The van der Waals surface area contributed by atoms with Crippen LogP contribution in [0.1, 0.15) is 12.0 Å². The lowest BCUT2D eigenvalue weighted by Gasteiger charge is -2.14. The number of nitrogens with two attached hydrogens (primary N) is 1. The first-order valence-electron chi connectivity index (χ1n) is 8.44. The molecule has 1 saturated heterocycles. The maximum absolute atomic E-state index is 11.0. The molecule has 1 aliphatic heterocycles. The minimum Gasteiger partial charge on any atom is -0.465 e. The van der Waals surface area contributed by atoms with Crippen LogP contribution >= 0.6 is 27.5 Å². The molecule has 0 spiro atoms. The zero-order chi connectivity index (χ0) is 19.4. The second kappa shape index (κ2) is 8.62. The van der Waals surface area contributed by atoms with Crippen molar-refractivity contribution in [1.29, 1.82) is 0 Å². The van der Waals surface area contributed by atoms with Gasteiger partial charge in [0, 0.05) is 35.7 Å². The van der Waals surface area contributed by atoms with Crippen LogP contribution in [0, 0.1) is 5.92 Å². The number of rotatable bonds is 6. The van der Waals surface area contributed by atoms with Crippen molar-refractivity contribution < 1.29 is 9.90 Å². The lowest BCUT2D eigenvalue weighted by Crippen LogP contribution is -2.28. The SMILES string of the molecule is Nc1cnc(NCC2CCN(C(=O)O)C2)nc1NCc1cc(Br)ccc1Cl. The van der Waals surface area contributed by atoms with Crippen LogP contribution in [0.25, 0.3) is 0 Å². The summed E-state index contributed by atoms with van der Waals surface area (Å²) in [6.45, 7) is 2.15. The van der Waals surface area contributed by atoms with Gasteiger partial charge in [-0.25, -0.2) is 9.78 Å². The quantitative estimate of drug-likeness (QED) is 0.527. The van der Waals surface area contributed by atoms with Crippen molar-refractivity contribution >= 4 is 51.1 Å². The first-order chi connectivity index (χ1) is 12.9. The van der Waals surface area contributed by atoms with Crippen molar-refractivity contribution in [2.75, 3.05) is 36.0 Å². The van der Waals surface area contributed by atoms with Gasteiger partial charge in [0.2, 0.25) is 5.95 Å². The van der Waals surface area contributed by atoms with Crippen molar-refractivity contribution in [3.05, 3.63) is 39.5 Å². The van der Waals surface area contributed by atoms with E-state index >= 15 is 0 Å². The van der Waals surface area contributed by atoms with E-state index in [0.717, 1.165) is 16.5 Å². The number of halogens is 2. The van der Waals surface area contributed by atoms with Gasteiger partial charge in [-0.1, -0.05) is 27.5 Å². The van der Waals surface area contributed by atoms with Gasteiger partial charge in [-0.3, -0.25) is 0 Å². The van der Waals surface area contributed by atoms with Gasteiger partial charge < -0.3 is 26.4 Å². The number of carbonyl (C=O) groups is 1. The van der Waals surface area contributed by atoms with Gasteiger partial charge >= 0.3 is 6.09 Å². The van der Waals surface area contributed by atoms with Crippen molar-refractivity contribution in [2.24, 2.45) is 5.92 Å². The minimum atomic E-state index is -0.876. The molecular formula is C17H20BrClN6O2. The molecule has 2 aromatic rings. The van der Waals surface area contributed by atoms with Crippen molar-refractivity contribution in [3.63, 3.8) is 0 Å². The van der Waals surface area contributed by atoms with Gasteiger partial charge in [0.25, 0.3) is 0 Å². The molecule has 144 valence electrons. The molecule has 1 atom stereocenters. The summed E-state index contributed by atoms with van der Waals surface area (Å²) in [4.78, 5) is 21.0. The van der Waals surface area contributed by atoms with E-state index in [0.29, 0.717) is 48.7 Å². The van der Waals surface area contributed by atoms with Crippen LogP contribution in [0.15, 0.2) is 28.9 Å². The summed E-state index contributed by atoms with van der Waals surface area (Å²) in [6, 6.07) is 5.63. The molecule has 8 nitrogen and oxygen atoms in total. The fraction of sp³-hybridized carbons (Fsp3) is 0.353. The standard InChI is InChI=1S/C17H20BrClN6O2/c18-12-1-2-13(19)11(5-12)7-21-15-14(20)8-23-16(24-15)22-6-10-3-4-25(9-10)17(26)27/h1-2,5,8,10H,3-4,6-7,9,20H2,(H,26,27)(H2,21,22,23,24). The summed E-state index contributed by atoms with van der Waals surface area (Å²) in [5, 5.41) is 16.0. The van der Waals surface area contributed by atoms with E-state index in [9.17, 15) is 4.79 Å². The second-order valence-electron chi connectivity index (χ2n) is 6.35. The van der Waals surface area contributed by atoms with Crippen LogP contribution in [-0.4, -0.2) is 45.7 Å². The van der Waals surface area contributed by atoms with Crippen molar-refractivity contribution in [1.82, 2.24) is 14.9 Å². The van der Waals surface area contributed by atoms with Crippen LogP contribution in [0.5, 0.6) is 0 Å². The Kier molecular flexibility index (Phi) is 6.22. The number of likely N-dealkylation sites (tertiary alicyclic amines) is 1. The first kappa shape index (κ1) is 19.5. The molecule has 1 aromatic carbocycles. The van der Waals surface area contributed by atoms with Gasteiger partial charge in [-0.05, 0) is 36.1 Å². The summed E-state index contributed by atoms with van der Waals surface area (Å²) >= 11 is 9.63. The summed E-state index contributed by atoms with van der Waals surface area (Å²) < 4.78 is 0.939. The number of nitrogens with one attached hydrogen (secondary N) is 2.